The Morgan fingerprint density at radius 2 is 2.00 bits per heavy atom. The Morgan fingerprint density at radius 3 is 2.65 bits per heavy atom. The average Bonchev–Trinajstić information content (AvgIpc) is 3.08. The first-order valence-corrected chi connectivity index (χ1v) is 9.08. The highest BCUT2D eigenvalue weighted by Gasteiger charge is 2.38. The predicted molar refractivity (Wildman–Crippen MR) is 78.0 cm³/mol. The van der Waals surface area contributed by atoms with Gasteiger partial charge in [0, 0.05) is 24.7 Å². The van der Waals surface area contributed by atoms with Crippen molar-refractivity contribution in [2.24, 2.45) is 0 Å². The quantitative estimate of drug-likeness (QED) is 0.930. The molecule has 5 nitrogen and oxygen atoms in total. The fourth-order valence-electron chi connectivity index (χ4n) is 3.54. The Hall–Kier alpha value is -0.880. The van der Waals surface area contributed by atoms with Crippen LogP contribution in [0.5, 0.6) is 0 Å². The highest BCUT2D eigenvalue weighted by atomic mass is 32.2. The number of hydrogen-bond acceptors (Lipinski definition) is 3. The monoisotopic (exact) mass is 297 g/mol. The smallest absolute Gasteiger partial charge is 0.217 e. The summed E-state index contributed by atoms with van der Waals surface area (Å²) in [7, 11) is -3.10. The van der Waals surface area contributed by atoms with Crippen LogP contribution >= 0.6 is 0 Å². The van der Waals surface area contributed by atoms with E-state index in [0.29, 0.717) is 13.1 Å². The molecule has 2 fully saturated rings. The zero-order valence-electron chi connectivity index (χ0n) is 12.0. The predicted octanol–water partition coefficient (Wildman–Crippen LogP) is 2.17. The molecule has 0 aromatic carbocycles. The summed E-state index contributed by atoms with van der Waals surface area (Å²) < 4.78 is 27.1. The van der Waals surface area contributed by atoms with Crippen molar-refractivity contribution in [2.45, 2.75) is 56.6 Å². The van der Waals surface area contributed by atoms with Crippen LogP contribution in [0, 0.1) is 6.92 Å². The molecule has 2 aliphatic rings. The van der Waals surface area contributed by atoms with E-state index in [2.05, 4.69) is 10.2 Å². The Balaban J connectivity index is 1.71. The number of nitrogens with one attached hydrogen (secondary N) is 1. The lowest BCUT2D eigenvalue weighted by molar-refractivity contribution is 0.426. The molecule has 1 aliphatic heterocycles. The Labute approximate surface area is 120 Å². The van der Waals surface area contributed by atoms with Crippen molar-refractivity contribution in [1.29, 1.82) is 0 Å². The molecule has 1 N–H and O–H groups in total. The maximum Gasteiger partial charge on any atom is 0.217 e. The highest BCUT2D eigenvalue weighted by molar-refractivity contribution is 7.89. The molecule has 6 heteroatoms. The van der Waals surface area contributed by atoms with Crippen molar-refractivity contribution in [3.63, 3.8) is 0 Å². The van der Waals surface area contributed by atoms with E-state index in [4.69, 9.17) is 0 Å². The molecule has 0 spiro atoms. The van der Waals surface area contributed by atoms with Gasteiger partial charge in [0.1, 0.15) is 0 Å². The maximum atomic E-state index is 12.7. The largest absolute Gasteiger partial charge is 0.282 e. The molecule has 1 aliphatic carbocycles. The van der Waals surface area contributed by atoms with Crippen LogP contribution in [0.2, 0.25) is 0 Å². The summed E-state index contributed by atoms with van der Waals surface area (Å²) in [4.78, 5) is 0. The number of aryl methyl sites for hydroxylation is 1. The molecule has 0 amide bonds. The van der Waals surface area contributed by atoms with Crippen LogP contribution in [0.3, 0.4) is 0 Å². The summed E-state index contributed by atoms with van der Waals surface area (Å²) in [6.45, 7) is 3.29. The van der Waals surface area contributed by atoms with Gasteiger partial charge in [-0.25, -0.2) is 12.7 Å². The van der Waals surface area contributed by atoms with E-state index < -0.39 is 10.0 Å². The van der Waals surface area contributed by atoms with Crippen molar-refractivity contribution in [1.82, 2.24) is 14.5 Å². The summed E-state index contributed by atoms with van der Waals surface area (Å²) in [6, 6.07) is 0. The normalized spacial score (nSPS) is 26.1. The summed E-state index contributed by atoms with van der Waals surface area (Å²) in [5.41, 5.74) is 2.23. The lowest BCUT2D eigenvalue weighted by Gasteiger charge is -2.27. The third-order valence-electron chi connectivity index (χ3n) is 4.76. The van der Waals surface area contributed by atoms with Gasteiger partial charge in [-0.2, -0.15) is 5.10 Å². The third-order valence-corrected chi connectivity index (χ3v) is 7.13. The zero-order valence-corrected chi connectivity index (χ0v) is 12.8. The molecule has 3 rings (SSSR count). The van der Waals surface area contributed by atoms with Gasteiger partial charge in [0.2, 0.25) is 10.0 Å². The fraction of sp³-hybridized carbons (Fsp3) is 0.786. The number of H-pyrrole nitrogens is 1. The number of hydrogen-bond donors (Lipinski definition) is 1. The number of sulfonamides is 1. The second-order valence-electron chi connectivity index (χ2n) is 6.12. The van der Waals surface area contributed by atoms with Crippen molar-refractivity contribution in [3.8, 4) is 0 Å². The minimum atomic E-state index is -3.10. The minimum absolute atomic E-state index is 0.141. The molecule has 1 saturated heterocycles. The SMILES string of the molecule is Cc1cn[nH]c1[C@H]1CCN(S(=O)(=O)C2CCCCC2)C1. The van der Waals surface area contributed by atoms with Gasteiger partial charge in [-0.1, -0.05) is 19.3 Å². The Morgan fingerprint density at radius 1 is 1.25 bits per heavy atom. The second-order valence-corrected chi connectivity index (χ2v) is 8.33. The topological polar surface area (TPSA) is 66.1 Å². The van der Waals surface area contributed by atoms with Gasteiger partial charge in [0.15, 0.2) is 0 Å². The molecule has 112 valence electrons. The second kappa shape index (κ2) is 5.48. The van der Waals surface area contributed by atoms with E-state index in [-0.39, 0.29) is 11.2 Å². The van der Waals surface area contributed by atoms with Gasteiger partial charge in [-0.05, 0) is 31.7 Å². The summed E-state index contributed by atoms with van der Waals surface area (Å²) in [5.74, 6) is 0.274. The molecule has 1 aromatic heterocycles. The zero-order chi connectivity index (χ0) is 14.2. The molecular formula is C14H23N3O2S. The lowest BCUT2D eigenvalue weighted by atomic mass is 10.0. The number of rotatable bonds is 3. The van der Waals surface area contributed by atoms with E-state index >= 15 is 0 Å². The standard InChI is InChI=1S/C14H23N3O2S/c1-11-9-15-16-14(11)12-7-8-17(10-12)20(18,19)13-5-3-2-4-6-13/h9,12-13H,2-8,10H2,1H3,(H,15,16)/t12-/m0/s1. The summed E-state index contributed by atoms with van der Waals surface area (Å²) in [6.07, 6.45) is 7.69. The molecule has 20 heavy (non-hydrogen) atoms. The van der Waals surface area contributed by atoms with Crippen molar-refractivity contribution < 1.29 is 8.42 Å². The molecule has 1 saturated carbocycles. The maximum absolute atomic E-state index is 12.7. The third kappa shape index (κ3) is 2.51. The molecule has 1 atom stereocenters. The van der Waals surface area contributed by atoms with Crippen molar-refractivity contribution >= 4 is 10.0 Å². The summed E-state index contributed by atoms with van der Waals surface area (Å²) >= 11 is 0. The van der Waals surface area contributed by atoms with Crippen LogP contribution < -0.4 is 0 Å². The van der Waals surface area contributed by atoms with Crippen LogP contribution in [0.25, 0.3) is 0 Å². The van der Waals surface area contributed by atoms with E-state index in [0.717, 1.165) is 43.4 Å². The molecule has 1 aromatic rings. The van der Waals surface area contributed by atoms with Gasteiger partial charge in [0.05, 0.1) is 11.4 Å². The van der Waals surface area contributed by atoms with Gasteiger partial charge < -0.3 is 0 Å². The van der Waals surface area contributed by atoms with Crippen LogP contribution in [0.1, 0.15) is 55.7 Å². The van der Waals surface area contributed by atoms with Crippen LogP contribution in [0.15, 0.2) is 6.20 Å². The molecule has 0 unspecified atom stereocenters. The van der Waals surface area contributed by atoms with Crippen LogP contribution in [-0.4, -0.2) is 41.3 Å². The van der Waals surface area contributed by atoms with Crippen LogP contribution in [-0.2, 0) is 10.0 Å². The van der Waals surface area contributed by atoms with Gasteiger partial charge in [0.25, 0.3) is 0 Å². The number of nitrogens with zero attached hydrogens (tertiary/aromatic N) is 2. The Bertz CT molecular complexity index is 561. The first-order chi connectivity index (χ1) is 9.59. The van der Waals surface area contributed by atoms with Gasteiger partial charge in [-0.15, -0.1) is 0 Å². The molecule has 0 bridgehead atoms. The summed E-state index contributed by atoms with van der Waals surface area (Å²) in [5, 5.41) is 6.94. The van der Waals surface area contributed by atoms with Crippen molar-refractivity contribution in [2.75, 3.05) is 13.1 Å². The fourth-order valence-corrected chi connectivity index (χ4v) is 5.64. The number of aromatic amines is 1. The van der Waals surface area contributed by atoms with E-state index in [1.165, 1.54) is 6.42 Å². The molecule has 0 radical (unpaired) electrons. The first-order valence-electron chi connectivity index (χ1n) is 7.58. The average molecular weight is 297 g/mol. The van der Waals surface area contributed by atoms with Crippen LogP contribution in [0.4, 0.5) is 0 Å². The first kappa shape index (κ1) is 14.1. The lowest BCUT2D eigenvalue weighted by Crippen LogP contribution is -2.38. The minimum Gasteiger partial charge on any atom is -0.282 e. The highest BCUT2D eigenvalue weighted by Crippen LogP contribution is 2.33. The molecule has 2 heterocycles. The van der Waals surface area contributed by atoms with E-state index in [1.54, 1.807) is 4.31 Å². The van der Waals surface area contributed by atoms with E-state index in [9.17, 15) is 8.42 Å². The van der Waals surface area contributed by atoms with E-state index in [1.807, 2.05) is 13.1 Å². The Kier molecular flexibility index (Phi) is 3.86. The van der Waals surface area contributed by atoms with Gasteiger partial charge >= 0.3 is 0 Å². The number of aromatic nitrogens is 2. The van der Waals surface area contributed by atoms with Crippen molar-refractivity contribution in [3.05, 3.63) is 17.5 Å². The molecular weight excluding hydrogens is 274 g/mol. The van der Waals surface area contributed by atoms with Gasteiger partial charge in [-0.3, -0.25) is 5.10 Å².